The van der Waals surface area contributed by atoms with Crippen LogP contribution in [0.5, 0.6) is 11.5 Å². The zero-order chi connectivity index (χ0) is 15.6. The molecule has 0 fully saturated rings. The number of hydrogen-bond donors (Lipinski definition) is 1. The molecule has 22 heavy (non-hydrogen) atoms. The molecule has 7 heteroatoms. The van der Waals surface area contributed by atoms with Gasteiger partial charge in [-0.3, -0.25) is 0 Å². The molecule has 5 nitrogen and oxygen atoms in total. The Balaban J connectivity index is 1.98. The van der Waals surface area contributed by atoms with Gasteiger partial charge in [0.25, 0.3) is 0 Å². The van der Waals surface area contributed by atoms with Crippen molar-refractivity contribution in [2.45, 2.75) is 4.90 Å². The summed E-state index contributed by atoms with van der Waals surface area (Å²) in [6.07, 6.45) is 0. The molecule has 2 aromatic carbocycles. The van der Waals surface area contributed by atoms with Crippen molar-refractivity contribution in [1.82, 2.24) is 0 Å². The molecular formula is C15H12ClNO4S. The lowest BCUT2D eigenvalue weighted by molar-refractivity contribution is 0.171. The third-order valence-corrected chi connectivity index (χ3v) is 5.00. The van der Waals surface area contributed by atoms with Gasteiger partial charge in [-0.25, -0.2) is 9.00 Å². The molecule has 0 radical (unpaired) electrons. The van der Waals surface area contributed by atoms with E-state index in [1.807, 2.05) is 0 Å². The van der Waals surface area contributed by atoms with Crippen LogP contribution in [-0.2, 0) is 14.5 Å². The van der Waals surface area contributed by atoms with Crippen molar-refractivity contribution >= 4 is 32.2 Å². The van der Waals surface area contributed by atoms with E-state index in [0.717, 1.165) is 0 Å². The molecule has 1 aliphatic rings. The highest BCUT2D eigenvalue weighted by molar-refractivity contribution is 8.01. The Hall–Kier alpha value is -2.14. The van der Waals surface area contributed by atoms with Crippen molar-refractivity contribution in [3.05, 3.63) is 47.5 Å². The van der Waals surface area contributed by atoms with Gasteiger partial charge in [0.2, 0.25) is 5.23 Å². The normalized spacial score (nSPS) is 15.5. The SMILES string of the molecule is O=C=S(=O)(Nc1ccc(Cl)cc1)c1ccc2c(c1)OCCO2. The highest BCUT2D eigenvalue weighted by Crippen LogP contribution is 2.32. The Labute approximate surface area is 133 Å². The van der Waals surface area contributed by atoms with E-state index < -0.39 is 9.71 Å². The van der Waals surface area contributed by atoms with Gasteiger partial charge in [-0.05, 0) is 36.4 Å². The Morgan fingerprint density at radius 3 is 2.41 bits per heavy atom. The summed E-state index contributed by atoms with van der Waals surface area (Å²) in [6, 6.07) is 11.3. The monoisotopic (exact) mass is 337 g/mol. The second kappa shape index (κ2) is 5.93. The average Bonchev–Trinajstić information content (AvgIpc) is 2.56. The van der Waals surface area contributed by atoms with Gasteiger partial charge >= 0.3 is 0 Å². The fraction of sp³-hybridized carbons (Fsp3) is 0.133. The molecule has 1 atom stereocenters. The topological polar surface area (TPSA) is 64.6 Å². The summed E-state index contributed by atoms with van der Waals surface area (Å²) < 4.78 is 26.4. The zero-order valence-electron chi connectivity index (χ0n) is 11.4. The summed E-state index contributed by atoms with van der Waals surface area (Å²) in [5.41, 5.74) is 0.507. The first-order valence-electron chi connectivity index (χ1n) is 6.47. The summed E-state index contributed by atoms with van der Waals surface area (Å²) in [7, 11) is -3.24. The molecule has 1 N–H and O–H groups in total. The van der Waals surface area contributed by atoms with Crippen LogP contribution in [0.15, 0.2) is 47.4 Å². The number of nitrogens with one attached hydrogen (secondary N) is 1. The maximum atomic E-state index is 12.8. The van der Waals surface area contributed by atoms with Gasteiger partial charge in [0, 0.05) is 16.8 Å². The molecule has 2 aromatic rings. The third kappa shape index (κ3) is 2.90. The van der Waals surface area contributed by atoms with Crippen molar-refractivity contribution in [3.63, 3.8) is 0 Å². The predicted molar refractivity (Wildman–Crippen MR) is 84.6 cm³/mol. The minimum Gasteiger partial charge on any atom is -0.486 e. The number of fused-ring (bicyclic) bond motifs is 1. The lowest BCUT2D eigenvalue weighted by Gasteiger charge is -2.19. The molecule has 1 unspecified atom stereocenters. The molecule has 0 aliphatic carbocycles. The van der Waals surface area contributed by atoms with Crippen molar-refractivity contribution in [2.24, 2.45) is 0 Å². The fourth-order valence-corrected chi connectivity index (χ4v) is 3.40. The number of ether oxygens (including phenoxy) is 2. The van der Waals surface area contributed by atoms with Gasteiger partial charge in [-0.15, -0.1) is 0 Å². The molecule has 114 valence electrons. The van der Waals surface area contributed by atoms with Crippen molar-refractivity contribution in [3.8, 4) is 11.5 Å². The number of hydrogen-bond acceptors (Lipinski definition) is 4. The summed E-state index contributed by atoms with van der Waals surface area (Å²) in [4.78, 5) is 11.6. The third-order valence-electron chi connectivity index (χ3n) is 3.07. The minimum atomic E-state index is -3.24. The van der Waals surface area contributed by atoms with Crippen LogP contribution in [0.2, 0.25) is 5.02 Å². The Morgan fingerprint density at radius 2 is 1.73 bits per heavy atom. The second-order valence-electron chi connectivity index (χ2n) is 4.55. The number of benzene rings is 2. The minimum absolute atomic E-state index is 0.279. The van der Waals surface area contributed by atoms with Crippen molar-refractivity contribution in [2.75, 3.05) is 17.9 Å². The Bertz CT molecular complexity index is 837. The summed E-state index contributed by atoms with van der Waals surface area (Å²) >= 11 is 5.81. The van der Waals surface area contributed by atoms with E-state index in [-0.39, 0.29) is 4.90 Å². The maximum Gasteiger partial charge on any atom is 0.211 e. The van der Waals surface area contributed by atoms with Crippen LogP contribution in [0.3, 0.4) is 0 Å². The molecule has 0 bridgehead atoms. The van der Waals surface area contributed by atoms with Crippen LogP contribution in [0.25, 0.3) is 0 Å². The molecule has 0 aromatic heterocycles. The number of halogens is 1. The standard InChI is InChI=1S/C15H12ClNO4S/c16-11-1-3-12(4-2-11)17-22(19,10-18)13-5-6-14-15(9-13)21-8-7-20-14/h1-6,9H,7-8H2,(H,17,19). The highest BCUT2D eigenvalue weighted by atomic mass is 35.5. The van der Waals surface area contributed by atoms with E-state index in [0.29, 0.717) is 35.4 Å². The first-order valence-corrected chi connectivity index (χ1v) is 8.40. The first kappa shape index (κ1) is 14.8. The van der Waals surface area contributed by atoms with E-state index in [2.05, 4.69) is 4.72 Å². The van der Waals surface area contributed by atoms with Crippen LogP contribution in [0.4, 0.5) is 5.69 Å². The molecule has 1 heterocycles. The van der Waals surface area contributed by atoms with Gasteiger partial charge in [-0.2, -0.15) is 0 Å². The molecular weight excluding hydrogens is 326 g/mol. The Kier molecular flexibility index (Phi) is 3.98. The molecule has 0 spiro atoms. The smallest absolute Gasteiger partial charge is 0.211 e. The van der Waals surface area contributed by atoms with E-state index in [4.69, 9.17) is 21.1 Å². The molecule has 0 amide bonds. The van der Waals surface area contributed by atoms with Gasteiger partial charge in [-0.1, -0.05) is 11.6 Å². The predicted octanol–water partition coefficient (Wildman–Crippen LogP) is 2.85. The van der Waals surface area contributed by atoms with Crippen molar-refractivity contribution in [1.29, 1.82) is 0 Å². The lowest BCUT2D eigenvalue weighted by Crippen LogP contribution is -2.17. The average molecular weight is 338 g/mol. The molecule has 0 saturated heterocycles. The van der Waals surface area contributed by atoms with Crippen LogP contribution in [0.1, 0.15) is 0 Å². The first-order chi connectivity index (χ1) is 10.6. The fourth-order valence-electron chi connectivity index (χ4n) is 2.01. The maximum absolute atomic E-state index is 12.8. The van der Waals surface area contributed by atoms with Crippen LogP contribution >= 0.6 is 11.6 Å². The highest BCUT2D eigenvalue weighted by Gasteiger charge is 2.18. The van der Waals surface area contributed by atoms with Gasteiger partial charge in [0.15, 0.2) is 21.2 Å². The molecule has 0 saturated carbocycles. The molecule has 3 rings (SSSR count). The van der Waals surface area contributed by atoms with Crippen LogP contribution in [0, 0.1) is 0 Å². The van der Waals surface area contributed by atoms with E-state index >= 15 is 0 Å². The van der Waals surface area contributed by atoms with Gasteiger partial charge in [0.05, 0.1) is 4.90 Å². The number of carbonyl (C=O) groups excluding carboxylic acids is 1. The largest absolute Gasteiger partial charge is 0.486 e. The lowest BCUT2D eigenvalue weighted by atomic mass is 10.3. The van der Waals surface area contributed by atoms with Crippen molar-refractivity contribution < 1.29 is 18.5 Å². The summed E-state index contributed by atoms with van der Waals surface area (Å²) in [5, 5.41) is 2.15. The molecule has 1 aliphatic heterocycles. The zero-order valence-corrected chi connectivity index (χ0v) is 12.9. The second-order valence-corrected chi connectivity index (χ2v) is 6.94. The quantitative estimate of drug-likeness (QED) is 0.875. The number of rotatable bonds is 3. The van der Waals surface area contributed by atoms with E-state index in [1.54, 1.807) is 41.6 Å². The van der Waals surface area contributed by atoms with Gasteiger partial charge < -0.3 is 14.2 Å². The van der Waals surface area contributed by atoms with E-state index in [9.17, 15) is 9.00 Å². The Morgan fingerprint density at radius 1 is 1.05 bits per heavy atom. The summed E-state index contributed by atoms with van der Waals surface area (Å²) in [6.45, 7) is 0.873. The van der Waals surface area contributed by atoms with Crippen LogP contribution in [-0.4, -0.2) is 22.7 Å². The van der Waals surface area contributed by atoms with Gasteiger partial charge in [0.1, 0.15) is 13.2 Å². The van der Waals surface area contributed by atoms with E-state index in [1.165, 1.54) is 6.07 Å². The van der Waals surface area contributed by atoms with Crippen LogP contribution < -0.4 is 14.2 Å². The summed E-state index contributed by atoms with van der Waals surface area (Å²) in [5.74, 6) is 1.03. The number of anilines is 1.